The molecule has 0 radical (unpaired) electrons. The van der Waals surface area contributed by atoms with Gasteiger partial charge >= 0.3 is 0 Å². The zero-order valence-electron chi connectivity index (χ0n) is 10.4. The van der Waals surface area contributed by atoms with Crippen LogP contribution in [-0.4, -0.2) is 0 Å². The van der Waals surface area contributed by atoms with Gasteiger partial charge in [0, 0.05) is 33.0 Å². The van der Waals surface area contributed by atoms with Crippen molar-refractivity contribution in [2.75, 3.05) is 5.73 Å². The highest BCUT2D eigenvalue weighted by Crippen LogP contribution is 2.20. The van der Waals surface area contributed by atoms with Gasteiger partial charge in [-0.2, -0.15) is 0 Å². The molecule has 4 heteroatoms. The van der Waals surface area contributed by atoms with Gasteiger partial charge in [-0.25, -0.2) is 0 Å². The van der Waals surface area contributed by atoms with Crippen molar-refractivity contribution in [1.82, 2.24) is 5.32 Å². The van der Waals surface area contributed by atoms with Crippen molar-refractivity contribution in [2.45, 2.75) is 26.4 Å². The molecule has 0 unspecified atom stereocenters. The Morgan fingerprint density at radius 3 is 2.61 bits per heavy atom. The standard InChI is InChI=1S/C14H17BrN2S/c1-2-11-4-5-12(18-11)9-17-8-10-3-6-13(15)14(16)7-10/h3-7,17H,2,8-9,16H2,1H3. The molecule has 1 heterocycles. The maximum Gasteiger partial charge on any atom is 0.0461 e. The van der Waals surface area contributed by atoms with E-state index in [1.807, 2.05) is 23.5 Å². The third-order valence-electron chi connectivity index (χ3n) is 2.75. The molecule has 1 aromatic carbocycles. The van der Waals surface area contributed by atoms with Crippen LogP contribution in [0.25, 0.3) is 0 Å². The quantitative estimate of drug-likeness (QED) is 0.817. The number of thiophene rings is 1. The molecule has 0 spiro atoms. The van der Waals surface area contributed by atoms with E-state index in [0.717, 1.165) is 29.7 Å². The van der Waals surface area contributed by atoms with Gasteiger partial charge in [0.25, 0.3) is 0 Å². The minimum Gasteiger partial charge on any atom is -0.398 e. The van der Waals surface area contributed by atoms with Crippen molar-refractivity contribution in [3.8, 4) is 0 Å². The van der Waals surface area contributed by atoms with Gasteiger partial charge in [-0.15, -0.1) is 11.3 Å². The lowest BCUT2D eigenvalue weighted by molar-refractivity contribution is 0.701. The Morgan fingerprint density at radius 2 is 1.94 bits per heavy atom. The maximum absolute atomic E-state index is 5.85. The molecule has 1 aromatic heterocycles. The van der Waals surface area contributed by atoms with Crippen molar-refractivity contribution in [3.05, 3.63) is 50.1 Å². The Morgan fingerprint density at radius 1 is 1.17 bits per heavy atom. The first-order valence-corrected chi connectivity index (χ1v) is 7.62. The van der Waals surface area contributed by atoms with Gasteiger partial charge in [0.15, 0.2) is 0 Å². The third kappa shape index (κ3) is 3.57. The monoisotopic (exact) mass is 324 g/mol. The molecule has 0 amide bonds. The van der Waals surface area contributed by atoms with E-state index in [-0.39, 0.29) is 0 Å². The second-order valence-electron chi connectivity index (χ2n) is 4.18. The molecule has 0 atom stereocenters. The van der Waals surface area contributed by atoms with E-state index in [9.17, 15) is 0 Å². The minimum absolute atomic E-state index is 0.790. The Hall–Kier alpha value is -0.840. The van der Waals surface area contributed by atoms with Crippen molar-refractivity contribution < 1.29 is 0 Å². The van der Waals surface area contributed by atoms with Gasteiger partial charge in [-0.1, -0.05) is 13.0 Å². The lowest BCUT2D eigenvalue weighted by Gasteiger charge is -2.05. The summed E-state index contributed by atoms with van der Waals surface area (Å²) in [7, 11) is 0. The molecule has 0 fully saturated rings. The average molecular weight is 325 g/mol. The average Bonchev–Trinajstić information content (AvgIpc) is 2.82. The summed E-state index contributed by atoms with van der Waals surface area (Å²) in [6, 6.07) is 10.5. The summed E-state index contributed by atoms with van der Waals surface area (Å²) >= 11 is 5.28. The molecule has 2 rings (SSSR count). The van der Waals surface area contributed by atoms with Crippen LogP contribution in [0, 0.1) is 0 Å². The number of nitrogens with two attached hydrogens (primary N) is 1. The summed E-state index contributed by atoms with van der Waals surface area (Å²) < 4.78 is 0.956. The van der Waals surface area contributed by atoms with Crippen LogP contribution in [0.3, 0.4) is 0 Å². The molecular weight excluding hydrogens is 308 g/mol. The molecule has 0 bridgehead atoms. The van der Waals surface area contributed by atoms with Gasteiger partial charge in [-0.3, -0.25) is 0 Å². The fourth-order valence-electron chi connectivity index (χ4n) is 1.74. The van der Waals surface area contributed by atoms with E-state index < -0.39 is 0 Å². The Kier molecular flexibility index (Phi) is 4.80. The minimum atomic E-state index is 0.790. The van der Waals surface area contributed by atoms with Crippen LogP contribution in [0.5, 0.6) is 0 Å². The number of nitrogen functional groups attached to an aromatic ring is 1. The predicted octanol–water partition coefficient (Wildman–Crippen LogP) is 3.95. The molecule has 0 aliphatic rings. The first kappa shape index (κ1) is 13.6. The van der Waals surface area contributed by atoms with E-state index in [0.29, 0.717) is 0 Å². The Balaban J connectivity index is 1.86. The van der Waals surface area contributed by atoms with Crippen molar-refractivity contribution in [3.63, 3.8) is 0 Å². The zero-order chi connectivity index (χ0) is 13.0. The second kappa shape index (κ2) is 6.36. The third-order valence-corrected chi connectivity index (χ3v) is 4.71. The second-order valence-corrected chi connectivity index (χ2v) is 6.29. The van der Waals surface area contributed by atoms with Crippen LogP contribution in [0.1, 0.15) is 22.2 Å². The van der Waals surface area contributed by atoms with Crippen molar-refractivity contribution in [1.29, 1.82) is 0 Å². The van der Waals surface area contributed by atoms with Crippen molar-refractivity contribution >= 4 is 33.0 Å². The molecule has 0 aliphatic carbocycles. The molecule has 3 N–H and O–H groups in total. The molecule has 0 aliphatic heterocycles. The summed E-state index contributed by atoms with van der Waals surface area (Å²) in [5.41, 5.74) is 7.85. The van der Waals surface area contributed by atoms with Crippen molar-refractivity contribution in [2.24, 2.45) is 0 Å². The first-order valence-electron chi connectivity index (χ1n) is 6.01. The number of aryl methyl sites for hydroxylation is 1. The number of hydrogen-bond donors (Lipinski definition) is 2. The largest absolute Gasteiger partial charge is 0.398 e. The van der Waals surface area contributed by atoms with E-state index in [1.165, 1.54) is 15.3 Å². The van der Waals surface area contributed by atoms with Crippen LogP contribution in [0.4, 0.5) is 5.69 Å². The normalized spacial score (nSPS) is 10.8. The fraction of sp³-hybridized carbons (Fsp3) is 0.286. The highest BCUT2D eigenvalue weighted by Gasteiger charge is 2.00. The van der Waals surface area contributed by atoms with Crippen LogP contribution < -0.4 is 11.1 Å². The van der Waals surface area contributed by atoms with Crippen LogP contribution in [0.15, 0.2) is 34.8 Å². The molecule has 0 saturated heterocycles. The molecule has 2 nitrogen and oxygen atoms in total. The number of halogens is 1. The summed E-state index contributed by atoms with van der Waals surface area (Å²) in [5.74, 6) is 0. The maximum atomic E-state index is 5.85. The zero-order valence-corrected chi connectivity index (χ0v) is 12.8. The topological polar surface area (TPSA) is 38.0 Å². The number of hydrogen-bond acceptors (Lipinski definition) is 3. The smallest absolute Gasteiger partial charge is 0.0461 e. The van der Waals surface area contributed by atoms with E-state index in [2.05, 4.69) is 46.4 Å². The van der Waals surface area contributed by atoms with E-state index in [4.69, 9.17) is 5.73 Å². The van der Waals surface area contributed by atoms with Crippen LogP contribution >= 0.6 is 27.3 Å². The van der Waals surface area contributed by atoms with Gasteiger partial charge in [0.05, 0.1) is 0 Å². The van der Waals surface area contributed by atoms with E-state index in [1.54, 1.807) is 0 Å². The highest BCUT2D eigenvalue weighted by molar-refractivity contribution is 9.10. The summed E-state index contributed by atoms with van der Waals surface area (Å²) in [4.78, 5) is 2.83. The Labute approximate surface area is 120 Å². The van der Waals surface area contributed by atoms with Crippen LogP contribution in [-0.2, 0) is 19.5 Å². The molecular formula is C14H17BrN2S. The van der Waals surface area contributed by atoms with Gasteiger partial charge < -0.3 is 11.1 Å². The van der Waals surface area contributed by atoms with Crippen LogP contribution in [0.2, 0.25) is 0 Å². The lowest BCUT2D eigenvalue weighted by atomic mass is 10.2. The number of nitrogens with one attached hydrogen (secondary N) is 1. The fourth-order valence-corrected chi connectivity index (χ4v) is 2.91. The number of rotatable bonds is 5. The molecule has 96 valence electrons. The number of anilines is 1. The highest BCUT2D eigenvalue weighted by atomic mass is 79.9. The number of benzene rings is 1. The van der Waals surface area contributed by atoms with E-state index >= 15 is 0 Å². The summed E-state index contributed by atoms with van der Waals surface area (Å²) in [6.07, 6.45) is 1.12. The van der Waals surface area contributed by atoms with Gasteiger partial charge in [-0.05, 0) is 52.2 Å². The SMILES string of the molecule is CCc1ccc(CNCc2ccc(Br)c(N)c2)s1. The van der Waals surface area contributed by atoms with Gasteiger partial charge in [0.2, 0.25) is 0 Å². The summed E-state index contributed by atoms with van der Waals surface area (Å²) in [6.45, 7) is 3.95. The Bertz CT molecular complexity index is 522. The molecule has 0 saturated carbocycles. The predicted molar refractivity (Wildman–Crippen MR) is 82.8 cm³/mol. The lowest BCUT2D eigenvalue weighted by Crippen LogP contribution is -2.11. The van der Waals surface area contributed by atoms with Gasteiger partial charge in [0.1, 0.15) is 0 Å². The molecule has 18 heavy (non-hydrogen) atoms. The molecule has 2 aromatic rings. The summed E-state index contributed by atoms with van der Waals surface area (Å²) in [5, 5.41) is 3.44. The first-order chi connectivity index (χ1) is 8.69.